The number of rotatable bonds is 0. The molecule has 3 nitrogen and oxygen atoms in total. The minimum absolute atomic E-state index is 0.244. The lowest BCUT2D eigenvalue weighted by atomic mass is 9.99. The number of amides is 1. The van der Waals surface area contributed by atoms with Crippen LogP contribution >= 0.6 is 22.6 Å². The Balaban J connectivity index is 2.58. The van der Waals surface area contributed by atoms with Gasteiger partial charge in [0.15, 0.2) is 0 Å². The molecule has 1 amide bonds. The molecule has 92 valence electrons. The zero-order chi connectivity index (χ0) is 12.8. The standard InChI is InChI=1S/C12H13FINO2/c1-12(2)6-7-9(15(12)11(16)17-3)5-4-8(13)10(7)14/h4-5H,6H2,1-3H3. The van der Waals surface area contributed by atoms with Crippen LogP contribution in [0, 0.1) is 9.39 Å². The first-order valence-corrected chi connectivity index (χ1v) is 6.31. The van der Waals surface area contributed by atoms with Crippen LogP contribution in [0.15, 0.2) is 12.1 Å². The molecular weight excluding hydrogens is 336 g/mol. The number of carbonyl (C=O) groups is 1. The van der Waals surface area contributed by atoms with Gasteiger partial charge >= 0.3 is 6.09 Å². The first-order valence-electron chi connectivity index (χ1n) is 5.23. The maximum Gasteiger partial charge on any atom is 0.414 e. The van der Waals surface area contributed by atoms with Crippen LogP contribution in [-0.2, 0) is 11.2 Å². The molecule has 1 aliphatic rings. The molecule has 0 bridgehead atoms. The monoisotopic (exact) mass is 349 g/mol. The number of carbonyl (C=O) groups excluding carboxylic acids is 1. The Morgan fingerprint density at radius 2 is 2.18 bits per heavy atom. The number of benzene rings is 1. The number of halogens is 2. The van der Waals surface area contributed by atoms with Crippen molar-refractivity contribution in [1.29, 1.82) is 0 Å². The Labute approximate surface area is 113 Å². The molecular formula is C12H13FINO2. The molecule has 0 saturated heterocycles. The third kappa shape index (κ3) is 1.90. The number of ether oxygens (including phenoxy) is 1. The molecule has 5 heteroatoms. The smallest absolute Gasteiger partial charge is 0.414 e. The van der Waals surface area contributed by atoms with Gasteiger partial charge in [0.25, 0.3) is 0 Å². The second kappa shape index (κ2) is 4.12. The van der Waals surface area contributed by atoms with Gasteiger partial charge in [0, 0.05) is 5.54 Å². The van der Waals surface area contributed by atoms with Crippen LogP contribution < -0.4 is 4.90 Å². The SMILES string of the molecule is COC(=O)N1c2ccc(F)c(I)c2CC1(C)C. The van der Waals surface area contributed by atoms with Crippen molar-refractivity contribution in [2.75, 3.05) is 12.0 Å². The molecule has 1 aliphatic heterocycles. The third-order valence-electron chi connectivity index (χ3n) is 2.98. The number of nitrogens with zero attached hydrogens (tertiary/aromatic N) is 1. The fourth-order valence-corrected chi connectivity index (χ4v) is 2.88. The van der Waals surface area contributed by atoms with Crippen molar-refractivity contribution in [3.05, 3.63) is 27.1 Å². The molecule has 2 rings (SSSR count). The maximum atomic E-state index is 13.5. The van der Waals surface area contributed by atoms with Crippen LogP contribution in [0.5, 0.6) is 0 Å². The zero-order valence-corrected chi connectivity index (χ0v) is 12.0. The van der Waals surface area contributed by atoms with E-state index in [9.17, 15) is 9.18 Å². The van der Waals surface area contributed by atoms with Gasteiger partial charge in [-0.05, 0) is 60.6 Å². The summed E-state index contributed by atoms with van der Waals surface area (Å²) in [5.74, 6) is -0.244. The van der Waals surface area contributed by atoms with Crippen molar-refractivity contribution >= 4 is 34.4 Å². The number of fused-ring (bicyclic) bond motifs is 1. The fourth-order valence-electron chi connectivity index (χ4n) is 2.23. The van der Waals surface area contributed by atoms with E-state index < -0.39 is 6.09 Å². The summed E-state index contributed by atoms with van der Waals surface area (Å²) in [6.45, 7) is 3.88. The summed E-state index contributed by atoms with van der Waals surface area (Å²) in [6.07, 6.45) is 0.226. The van der Waals surface area contributed by atoms with E-state index in [4.69, 9.17) is 4.74 Å². The van der Waals surface area contributed by atoms with Gasteiger partial charge in [-0.1, -0.05) is 0 Å². The lowest BCUT2D eigenvalue weighted by Gasteiger charge is -2.30. The van der Waals surface area contributed by atoms with E-state index in [-0.39, 0.29) is 11.4 Å². The first-order chi connectivity index (χ1) is 7.88. The van der Waals surface area contributed by atoms with E-state index in [0.717, 1.165) is 11.3 Å². The first kappa shape index (κ1) is 12.6. The lowest BCUT2D eigenvalue weighted by molar-refractivity contribution is 0.173. The summed E-state index contributed by atoms with van der Waals surface area (Å²) in [6, 6.07) is 3.02. The topological polar surface area (TPSA) is 29.5 Å². The molecule has 1 aromatic rings. The Hall–Kier alpha value is -0.850. The van der Waals surface area contributed by atoms with Gasteiger partial charge in [-0.3, -0.25) is 4.90 Å². The second-order valence-corrected chi connectivity index (χ2v) is 5.73. The highest BCUT2D eigenvalue weighted by atomic mass is 127. The van der Waals surface area contributed by atoms with Crippen molar-refractivity contribution in [2.24, 2.45) is 0 Å². The van der Waals surface area contributed by atoms with Gasteiger partial charge in [-0.2, -0.15) is 0 Å². The normalized spacial score (nSPS) is 16.9. The molecule has 0 N–H and O–H groups in total. The maximum absolute atomic E-state index is 13.5. The van der Waals surface area contributed by atoms with E-state index in [1.54, 1.807) is 11.0 Å². The molecule has 0 aliphatic carbocycles. The zero-order valence-electron chi connectivity index (χ0n) is 9.88. The third-order valence-corrected chi connectivity index (χ3v) is 4.15. The molecule has 0 radical (unpaired) electrons. The van der Waals surface area contributed by atoms with Gasteiger partial charge in [0.2, 0.25) is 0 Å². The van der Waals surface area contributed by atoms with Crippen LogP contribution in [0.4, 0.5) is 14.9 Å². The average Bonchev–Trinajstić information content (AvgIpc) is 2.54. The molecule has 0 fully saturated rings. The summed E-state index contributed by atoms with van der Waals surface area (Å²) in [5, 5.41) is 0. The summed E-state index contributed by atoms with van der Waals surface area (Å²) >= 11 is 1.98. The fraction of sp³-hybridized carbons (Fsp3) is 0.417. The Bertz CT molecular complexity index is 488. The molecule has 0 spiro atoms. The molecule has 17 heavy (non-hydrogen) atoms. The Kier molecular flexibility index (Phi) is 3.05. The molecule has 0 unspecified atom stereocenters. The molecule has 1 aromatic carbocycles. The van der Waals surface area contributed by atoms with Crippen LogP contribution in [-0.4, -0.2) is 18.7 Å². The average molecular weight is 349 g/mol. The van der Waals surface area contributed by atoms with E-state index in [2.05, 4.69) is 0 Å². The molecule has 1 heterocycles. The van der Waals surface area contributed by atoms with Gasteiger partial charge in [0.1, 0.15) is 5.82 Å². The van der Waals surface area contributed by atoms with Gasteiger partial charge in [-0.25, -0.2) is 9.18 Å². The van der Waals surface area contributed by atoms with Gasteiger partial charge < -0.3 is 4.74 Å². The highest BCUT2D eigenvalue weighted by Crippen LogP contribution is 2.41. The van der Waals surface area contributed by atoms with Crippen LogP contribution in [0.1, 0.15) is 19.4 Å². The van der Waals surface area contributed by atoms with Crippen molar-refractivity contribution < 1.29 is 13.9 Å². The van der Waals surface area contributed by atoms with E-state index in [1.807, 2.05) is 36.4 Å². The summed E-state index contributed by atoms with van der Waals surface area (Å²) < 4.78 is 18.9. The molecule has 0 aromatic heterocycles. The Morgan fingerprint density at radius 3 is 2.76 bits per heavy atom. The molecule has 0 atom stereocenters. The molecule has 0 saturated carbocycles. The summed E-state index contributed by atoms with van der Waals surface area (Å²) in [4.78, 5) is 13.4. The summed E-state index contributed by atoms with van der Waals surface area (Å²) in [5.41, 5.74) is 1.23. The minimum Gasteiger partial charge on any atom is -0.452 e. The van der Waals surface area contributed by atoms with Crippen LogP contribution in [0.2, 0.25) is 0 Å². The van der Waals surface area contributed by atoms with Crippen molar-refractivity contribution in [3.8, 4) is 0 Å². The Morgan fingerprint density at radius 1 is 1.53 bits per heavy atom. The van der Waals surface area contributed by atoms with E-state index in [0.29, 0.717) is 9.99 Å². The van der Waals surface area contributed by atoms with Gasteiger partial charge in [0.05, 0.1) is 16.4 Å². The van der Waals surface area contributed by atoms with E-state index in [1.165, 1.54) is 13.2 Å². The van der Waals surface area contributed by atoms with Crippen molar-refractivity contribution in [3.63, 3.8) is 0 Å². The van der Waals surface area contributed by atoms with Crippen LogP contribution in [0.25, 0.3) is 0 Å². The van der Waals surface area contributed by atoms with Gasteiger partial charge in [-0.15, -0.1) is 0 Å². The van der Waals surface area contributed by atoms with Crippen LogP contribution in [0.3, 0.4) is 0 Å². The largest absolute Gasteiger partial charge is 0.452 e. The summed E-state index contributed by atoms with van der Waals surface area (Å²) in [7, 11) is 1.35. The number of hydrogen-bond donors (Lipinski definition) is 0. The number of methoxy groups -OCH3 is 1. The van der Waals surface area contributed by atoms with Crippen molar-refractivity contribution in [2.45, 2.75) is 25.8 Å². The quantitative estimate of drug-likeness (QED) is 0.673. The minimum atomic E-state index is -0.406. The number of hydrogen-bond acceptors (Lipinski definition) is 2. The predicted octanol–water partition coefficient (Wildman–Crippen LogP) is 3.34. The van der Waals surface area contributed by atoms with Crippen molar-refractivity contribution in [1.82, 2.24) is 0 Å². The second-order valence-electron chi connectivity index (χ2n) is 4.65. The predicted molar refractivity (Wildman–Crippen MR) is 71.8 cm³/mol. The number of anilines is 1. The highest BCUT2D eigenvalue weighted by Gasteiger charge is 2.42. The van der Waals surface area contributed by atoms with E-state index >= 15 is 0 Å². The lowest BCUT2D eigenvalue weighted by Crippen LogP contribution is -2.45. The highest BCUT2D eigenvalue weighted by molar-refractivity contribution is 14.1.